The highest BCUT2D eigenvalue weighted by molar-refractivity contribution is 5.66. The highest BCUT2D eigenvalue weighted by atomic mass is 19.4. The van der Waals surface area contributed by atoms with Gasteiger partial charge in [-0.3, -0.25) is 0 Å². The van der Waals surface area contributed by atoms with E-state index in [1.165, 1.54) is 0 Å². The molecule has 21 heavy (non-hydrogen) atoms. The van der Waals surface area contributed by atoms with Crippen LogP contribution in [0.2, 0.25) is 0 Å². The summed E-state index contributed by atoms with van der Waals surface area (Å²) in [5, 5.41) is 10.7. The molecule has 6 nitrogen and oxygen atoms in total. The average Bonchev–Trinajstić information content (AvgIpc) is 2.86. The Kier molecular flexibility index (Phi) is 4.29. The molecular formula is C12H14F3N5O. The Hall–Kier alpha value is -2.32. The quantitative estimate of drug-likeness (QED) is 0.857. The molecule has 0 atom stereocenters. The van der Waals surface area contributed by atoms with Crippen LogP contribution in [0.15, 0.2) is 18.2 Å². The van der Waals surface area contributed by atoms with Gasteiger partial charge >= 0.3 is 6.18 Å². The first-order chi connectivity index (χ1) is 9.90. The van der Waals surface area contributed by atoms with Crippen LogP contribution < -0.4 is 10.5 Å². The lowest BCUT2D eigenvalue weighted by Gasteiger charge is -2.10. The second kappa shape index (κ2) is 5.98. The van der Waals surface area contributed by atoms with Crippen LogP contribution in [-0.4, -0.2) is 33.0 Å². The van der Waals surface area contributed by atoms with E-state index in [2.05, 4.69) is 15.5 Å². The summed E-state index contributed by atoms with van der Waals surface area (Å²) in [4.78, 5) is 0. The third-order valence-corrected chi connectivity index (χ3v) is 2.71. The number of tetrazole rings is 1. The van der Waals surface area contributed by atoms with Gasteiger partial charge < -0.3 is 10.5 Å². The van der Waals surface area contributed by atoms with Crippen molar-refractivity contribution in [3.05, 3.63) is 18.2 Å². The summed E-state index contributed by atoms with van der Waals surface area (Å²) in [6.07, 6.45) is -5.27. The lowest BCUT2D eigenvalue weighted by Crippen LogP contribution is -2.14. The van der Waals surface area contributed by atoms with Gasteiger partial charge in [0.15, 0.2) is 5.82 Å². The second-order valence-corrected chi connectivity index (χ2v) is 4.28. The van der Waals surface area contributed by atoms with E-state index in [0.717, 1.165) is 4.68 Å². The number of hydrogen-bond acceptors (Lipinski definition) is 5. The smallest absolute Gasteiger partial charge is 0.390 e. The molecule has 9 heteroatoms. The Morgan fingerprint density at radius 3 is 2.71 bits per heavy atom. The normalized spacial score (nSPS) is 11.6. The topological polar surface area (TPSA) is 78.9 Å². The number of ether oxygens (including phenoxy) is 1. The molecule has 1 aromatic carbocycles. The van der Waals surface area contributed by atoms with E-state index in [-0.39, 0.29) is 12.4 Å². The zero-order valence-electron chi connectivity index (χ0n) is 11.3. The SMILES string of the molecule is CCOc1ccc(-c2nnnn2CCC(F)(F)F)cc1N. The van der Waals surface area contributed by atoms with Crippen molar-refractivity contribution in [1.29, 1.82) is 0 Å². The Balaban J connectivity index is 2.23. The number of nitrogen functional groups attached to an aromatic ring is 1. The van der Waals surface area contributed by atoms with Gasteiger partial charge in [0.25, 0.3) is 0 Å². The Morgan fingerprint density at radius 1 is 1.33 bits per heavy atom. The van der Waals surface area contributed by atoms with E-state index in [1.54, 1.807) is 18.2 Å². The minimum atomic E-state index is -4.26. The molecule has 1 heterocycles. The standard InChI is InChI=1S/C12H14F3N5O/c1-2-21-10-4-3-8(7-9(10)16)11-17-18-19-20(11)6-5-12(13,14)15/h3-4,7H,2,5-6,16H2,1H3. The minimum Gasteiger partial charge on any atom is -0.492 e. The lowest BCUT2D eigenvalue weighted by atomic mass is 10.1. The zero-order chi connectivity index (χ0) is 15.5. The van der Waals surface area contributed by atoms with E-state index < -0.39 is 12.6 Å². The van der Waals surface area contributed by atoms with Crippen LogP contribution in [0.3, 0.4) is 0 Å². The van der Waals surface area contributed by atoms with E-state index in [4.69, 9.17) is 10.5 Å². The van der Waals surface area contributed by atoms with E-state index in [1.807, 2.05) is 6.92 Å². The van der Waals surface area contributed by atoms with Crippen molar-refractivity contribution in [3.8, 4) is 17.1 Å². The highest BCUT2D eigenvalue weighted by Gasteiger charge is 2.27. The van der Waals surface area contributed by atoms with Crippen molar-refractivity contribution in [1.82, 2.24) is 20.2 Å². The number of rotatable bonds is 5. The van der Waals surface area contributed by atoms with Gasteiger partial charge in [-0.25, -0.2) is 4.68 Å². The minimum absolute atomic E-state index is 0.231. The Bertz CT molecular complexity index is 611. The zero-order valence-corrected chi connectivity index (χ0v) is 11.3. The van der Waals surface area contributed by atoms with Gasteiger partial charge in [0.2, 0.25) is 0 Å². The number of aryl methyl sites for hydroxylation is 1. The maximum absolute atomic E-state index is 12.3. The van der Waals surface area contributed by atoms with Crippen LogP contribution in [0.25, 0.3) is 11.4 Å². The average molecular weight is 301 g/mol. The van der Waals surface area contributed by atoms with Gasteiger partial charge in [-0.2, -0.15) is 13.2 Å². The molecule has 0 aliphatic heterocycles. The third kappa shape index (κ3) is 3.83. The molecule has 2 aromatic rings. The van der Waals surface area contributed by atoms with Crippen molar-refractivity contribution in [2.24, 2.45) is 0 Å². The van der Waals surface area contributed by atoms with E-state index in [0.29, 0.717) is 23.6 Å². The molecule has 114 valence electrons. The molecule has 0 spiro atoms. The molecule has 0 saturated carbocycles. The van der Waals surface area contributed by atoms with Crippen LogP contribution in [-0.2, 0) is 6.54 Å². The summed E-state index contributed by atoms with van der Waals surface area (Å²) < 4.78 is 43.2. The van der Waals surface area contributed by atoms with Gasteiger partial charge in [-0.15, -0.1) is 5.10 Å². The van der Waals surface area contributed by atoms with Crippen molar-refractivity contribution in [2.75, 3.05) is 12.3 Å². The molecular weight excluding hydrogens is 287 g/mol. The molecule has 0 bridgehead atoms. The fourth-order valence-electron chi connectivity index (χ4n) is 1.77. The summed E-state index contributed by atoms with van der Waals surface area (Å²) >= 11 is 0. The van der Waals surface area contributed by atoms with Gasteiger partial charge in [0, 0.05) is 5.56 Å². The summed E-state index contributed by atoms with van der Waals surface area (Å²) in [6, 6.07) is 4.86. The number of anilines is 1. The first kappa shape index (κ1) is 15.1. The van der Waals surface area contributed by atoms with Gasteiger partial charge in [-0.1, -0.05) is 0 Å². The first-order valence-electron chi connectivity index (χ1n) is 6.26. The molecule has 0 saturated heterocycles. The molecule has 0 aliphatic carbocycles. The Labute approximate surface area is 118 Å². The number of aromatic nitrogens is 4. The molecule has 0 fully saturated rings. The van der Waals surface area contributed by atoms with Crippen LogP contribution in [0.5, 0.6) is 5.75 Å². The number of halogens is 3. The van der Waals surface area contributed by atoms with E-state index in [9.17, 15) is 13.2 Å². The molecule has 2 rings (SSSR count). The van der Waals surface area contributed by atoms with E-state index >= 15 is 0 Å². The molecule has 1 aromatic heterocycles. The maximum atomic E-state index is 12.3. The summed E-state index contributed by atoms with van der Waals surface area (Å²) in [5.41, 5.74) is 6.73. The number of benzene rings is 1. The third-order valence-electron chi connectivity index (χ3n) is 2.71. The summed E-state index contributed by atoms with van der Waals surface area (Å²) in [7, 11) is 0. The molecule has 0 unspecified atom stereocenters. The van der Waals surface area contributed by atoms with Crippen molar-refractivity contribution < 1.29 is 17.9 Å². The summed E-state index contributed by atoms with van der Waals surface area (Å²) in [5.74, 6) is 0.740. The van der Waals surface area contributed by atoms with Gasteiger partial charge in [-0.05, 0) is 35.5 Å². The Morgan fingerprint density at radius 2 is 2.10 bits per heavy atom. The molecule has 0 radical (unpaired) electrons. The van der Waals surface area contributed by atoms with Crippen molar-refractivity contribution in [3.63, 3.8) is 0 Å². The van der Waals surface area contributed by atoms with Crippen LogP contribution >= 0.6 is 0 Å². The van der Waals surface area contributed by atoms with Crippen LogP contribution in [0.4, 0.5) is 18.9 Å². The van der Waals surface area contributed by atoms with Crippen molar-refractivity contribution in [2.45, 2.75) is 26.1 Å². The van der Waals surface area contributed by atoms with Crippen LogP contribution in [0, 0.1) is 0 Å². The predicted molar refractivity (Wildman–Crippen MR) is 69.5 cm³/mol. The predicted octanol–water partition coefficient (Wildman–Crippen LogP) is 2.27. The maximum Gasteiger partial charge on any atom is 0.390 e. The van der Waals surface area contributed by atoms with Crippen molar-refractivity contribution >= 4 is 5.69 Å². The lowest BCUT2D eigenvalue weighted by molar-refractivity contribution is -0.137. The molecule has 0 amide bonds. The molecule has 0 aliphatic rings. The number of nitrogens with two attached hydrogens (primary N) is 1. The first-order valence-corrected chi connectivity index (χ1v) is 6.26. The summed E-state index contributed by atoms with van der Waals surface area (Å²) in [6.45, 7) is 1.94. The fraction of sp³-hybridized carbons (Fsp3) is 0.417. The van der Waals surface area contributed by atoms with Gasteiger partial charge in [0.05, 0.1) is 25.3 Å². The second-order valence-electron chi connectivity index (χ2n) is 4.28. The monoisotopic (exact) mass is 301 g/mol. The highest BCUT2D eigenvalue weighted by Crippen LogP contribution is 2.28. The van der Waals surface area contributed by atoms with Crippen LogP contribution in [0.1, 0.15) is 13.3 Å². The van der Waals surface area contributed by atoms with Gasteiger partial charge in [0.1, 0.15) is 5.75 Å². The fourth-order valence-corrected chi connectivity index (χ4v) is 1.77. The number of nitrogens with zero attached hydrogens (tertiary/aromatic N) is 4. The number of alkyl halides is 3. The molecule has 2 N–H and O–H groups in total. The largest absolute Gasteiger partial charge is 0.492 e. The number of hydrogen-bond donors (Lipinski definition) is 1.